The summed E-state index contributed by atoms with van der Waals surface area (Å²) >= 11 is 6.62. The van der Waals surface area contributed by atoms with Gasteiger partial charge in [-0.05, 0) is 36.8 Å². The Bertz CT molecular complexity index is 847. The molecule has 2 aromatic rings. The summed E-state index contributed by atoms with van der Waals surface area (Å²) < 4.78 is 7.91. The highest BCUT2D eigenvalue weighted by atomic mass is 35.5. The van der Waals surface area contributed by atoms with Crippen LogP contribution in [0.15, 0.2) is 48.0 Å². The summed E-state index contributed by atoms with van der Waals surface area (Å²) in [5, 5.41) is 4.53. The molecular weight excluding hydrogens is 398 g/mol. The highest BCUT2D eigenvalue weighted by Gasteiger charge is 2.37. The molecule has 0 radical (unpaired) electrons. The van der Waals surface area contributed by atoms with E-state index in [0.29, 0.717) is 12.0 Å². The fraction of sp³-hybridized carbons (Fsp3) is 0.565. The Hall–Kier alpha value is -2.05. The van der Waals surface area contributed by atoms with E-state index in [1.54, 1.807) is 0 Å². The zero-order valence-electron chi connectivity index (χ0n) is 17.9. The normalized spacial score (nSPS) is 24.6. The van der Waals surface area contributed by atoms with Crippen molar-refractivity contribution in [1.82, 2.24) is 19.8 Å². The van der Waals surface area contributed by atoms with Gasteiger partial charge in [-0.1, -0.05) is 36.7 Å². The maximum absolute atomic E-state index is 6.62. The molecule has 0 aliphatic carbocycles. The number of hydrogen-bond acceptors (Lipinski definition) is 3. The maximum Gasteiger partial charge on any atom is 0.193 e. The second kappa shape index (κ2) is 9.40. The lowest BCUT2D eigenvalue weighted by atomic mass is 9.74. The van der Waals surface area contributed by atoms with E-state index >= 15 is 0 Å². The molecule has 2 atom stereocenters. The monoisotopic (exact) mass is 429 g/mol. The number of ether oxygens (including phenoxy) is 1. The predicted molar refractivity (Wildman–Crippen MR) is 121 cm³/mol. The standard InChI is InChI=1S/C23H32ClN5O/c1-18-7-11-28(15-21(18)29-12-10-26-17-29)22(25-2)27-16-23(8-13-30-14-9-23)19-5-3-4-6-20(19)24/h3-6,10,12,17-18,21H,7-9,11,13-16H2,1-2H3,(H,25,27). The molecule has 4 rings (SSSR count). The van der Waals surface area contributed by atoms with E-state index in [4.69, 9.17) is 16.3 Å². The number of nitrogens with zero attached hydrogens (tertiary/aromatic N) is 4. The number of piperidine rings is 1. The molecule has 0 saturated carbocycles. The van der Waals surface area contributed by atoms with Crippen LogP contribution in [0.3, 0.4) is 0 Å². The molecule has 30 heavy (non-hydrogen) atoms. The van der Waals surface area contributed by atoms with Crippen LogP contribution in [0.5, 0.6) is 0 Å². The first-order valence-corrected chi connectivity index (χ1v) is 11.3. The zero-order chi connectivity index (χ0) is 21.0. The van der Waals surface area contributed by atoms with E-state index in [2.05, 4.69) is 50.0 Å². The van der Waals surface area contributed by atoms with Crippen molar-refractivity contribution in [2.24, 2.45) is 10.9 Å². The molecule has 3 heterocycles. The van der Waals surface area contributed by atoms with Crippen molar-refractivity contribution in [3.8, 4) is 0 Å². The van der Waals surface area contributed by atoms with Gasteiger partial charge in [-0.2, -0.15) is 0 Å². The van der Waals surface area contributed by atoms with Gasteiger partial charge < -0.3 is 19.5 Å². The molecule has 7 heteroatoms. The molecule has 2 aliphatic rings. The quantitative estimate of drug-likeness (QED) is 0.594. The van der Waals surface area contributed by atoms with Gasteiger partial charge in [0.15, 0.2) is 5.96 Å². The van der Waals surface area contributed by atoms with Crippen molar-refractivity contribution in [2.45, 2.75) is 37.6 Å². The van der Waals surface area contributed by atoms with Crippen LogP contribution in [0.1, 0.15) is 37.8 Å². The fourth-order valence-electron chi connectivity index (χ4n) is 4.87. The van der Waals surface area contributed by atoms with Crippen LogP contribution in [-0.2, 0) is 10.2 Å². The third kappa shape index (κ3) is 4.35. The number of halogens is 1. The molecule has 0 amide bonds. The Morgan fingerprint density at radius 1 is 1.33 bits per heavy atom. The minimum Gasteiger partial charge on any atom is -0.381 e. The molecule has 6 nitrogen and oxygen atoms in total. The van der Waals surface area contributed by atoms with Gasteiger partial charge in [-0.3, -0.25) is 4.99 Å². The third-order valence-corrected chi connectivity index (χ3v) is 7.15. The first-order valence-electron chi connectivity index (χ1n) is 10.9. The zero-order valence-corrected chi connectivity index (χ0v) is 18.7. The van der Waals surface area contributed by atoms with Crippen LogP contribution >= 0.6 is 11.6 Å². The van der Waals surface area contributed by atoms with Crippen molar-refractivity contribution >= 4 is 17.6 Å². The summed E-state index contributed by atoms with van der Waals surface area (Å²) in [5.41, 5.74) is 1.17. The van der Waals surface area contributed by atoms with Crippen LogP contribution in [0.4, 0.5) is 0 Å². The van der Waals surface area contributed by atoms with Crippen molar-refractivity contribution < 1.29 is 4.74 Å². The van der Waals surface area contributed by atoms with Gasteiger partial charge in [0.1, 0.15) is 0 Å². The van der Waals surface area contributed by atoms with E-state index in [1.807, 2.05) is 31.7 Å². The van der Waals surface area contributed by atoms with Crippen LogP contribution in [0.2, 0.25) is 5.02 Å². The number of benzene rings is 1. The SMILES string of the molecule is CN=C(NCC1(c2ccccc2Cl)CCOCC1)N1CCC(C)C(n2ccnc2)C1. The second-order valence-corrected chi connectivity index (χ2v) is 8.97. The number of aliphatic imine (C=N–C) groups is 1. The van der Waals surface area contributed by atoms with Gasteiger partial charge in [0.2, 0.25) is 0 Å². The lowest BCUT2D eigenvalue weighted by molar-refractivity contribution is 0.0510. The van der Waals surface area contributed by atoms with Gasteiger partial charge in [-0.25, -0.2) is 4.98 Å². The molecule has 0 bridgehead atoms. The average molecular weight is 430 g/mol. The Labute approximate surface area is 184 Å². The highest BCUT2D eigenvalue weighted by Crippen LogP contribution is 2.38. The van der Waals surface area contributed by atoms with Gasteiger partial charge in [0, 0.05) is 62.7 Å². The van der Waals surface area contributed by atoms with Gasteiger partial charge in [-0.15, -0.1) is 0 Å². The largest absolute Gasteiger partial charge is 0.381 e. The third-order valence-electron chi connectivity index (χ3n) is 6.82. The predicted octanol–water partition coefficient (Wildman–Crippen LogP) is 3.74. The number of hydrogen-bond donors (Lipinski definition) is 1. The molecule has 162 valence electrons. The van der Waals surface area contributed by atoms with Crippen molar-refractivity contribution in [3.05, 3.63) is 53.6 Å². The smallest absolute Gasteiger partial charge is 0.193 e. The number of imidazole rings is 1. The average Bonchev–Trinajstić information content (AvgIpc) is 3.31. The molecule has 2 fully saturated rings. The molecule has 1 aromatic heterocycles. The van der Waals surface area contributed by atoms with E-state index < -0.39 is 0 Å². The molecule has 0 spiro atoms. The van der Waals surface area contributed by atoms with Crippen molar-refractivity contribution in [3.63, 3.8) is 0 Å². The van der Waals surface area contributed by atoms with Crippen LogP contribution < -0.4 is 5.32 Å². The van der Waals surface area contributed by atoms with Crippen molar-refractivity contribution in [1.29, 1.82) is 0 Å². The molecule has 2 unspecified atom stereocenters. The highest BCUT2D eigenvalue weighted by molar-refractivity contribution is 6.31. The summed E-state index contributed by atoms with van der Waals surface area (Å²) in [6.45, 7) is 6.58. The molecule has 2 saturated heterocycles. The Kier molecular flexibility index (Phi) is 6.64. The summed E-state index contributed by atoms with van der Waals surface area (Å²) in [5.74, 6) is 1.57. The summed E-state index contributed by atoms with van der Waals surface area (Å²) in [7, 11) is 1.87. The Morgan fingerprint density at radius 3 is 2.83 bits per heavy atom. The summed E-state index contributed by atoms with van der Waals surface area (Å²) in [4.78, 5) is 11.3. The lowest BCUT2D eigenvalue weighted by Crippen LogP contribution is -2.52. The van der Waals surface area contributed by atoms with Crippen LogP contribution in [0.25, 0.3) is 0 Å². The van der Waals surface area contributed by atoms with E-state index in [9.17, 15) is 0 Å². The lowest BCUT2D eigenvalue weighted by Gasteiger charge is -2.42. The number of rotatable bonds is 4. The molecule has 1 N–H and O–H groups in total. The first kappa shape index (κ1) is 21.2. The number of aromatic nitrogens is 2. The van der Waals surface area contributed by atoms with Gasteiger partial charge in [0.05, 0.1) is 12.4 Å². The molecule has 2 aliphatic heterocycles. The topological polar surface area (TPSA) is 54.7 Å². The van der Waals surface area contributed by atoms with E-state index in [0.717, 1.165) is 63.1 Å². The minimum absolute atomic E-state index is 0.0423. The fourth-order valence-corrected chi connectivity index (χ4v) is 5.21. The number of likely N-dealkylation sites (tertiary alicyclic amines) is 1. The number of guanidine groups is 1. The van der Waals surface area contributed by atoms with Crippen LogP contribution in [-0.4, -0.2) is 60.3 Å². The van der Waals surface area contributed by atoms with E-state index in [1.165, 1.54) is 5.56 Å². The van der Waals surface area contributed by atoms with Crippen LogP contribution in [0, 0.1) is 5.92 Å². The number of nitrogens with one attached hydrogen (secondary N) is 1. The van der Waals surface area contributed by atoms with Gasteiger partial charge >= 0.3 is 0 Å². The first-order chi connectivity index (χ1) is 14.6. The van der Waals surface area contributed by atoms with Crippen molar-refractivity contribution in [2.75, 3.05) is 39.9 Å². The Balaban J connectivity index is 1.49. The minimum atomic E-state index is -0.0423. The summed E-state index contributed by atoms with van der Waals surface area (Å²) in [6.07, 6.45) is 8.89. The molecular formula is C23H32ClN5O. The second-order valence-electron chi connectivity index (χ2n) is 8.56. The summed E-state index contributed by atoms with van der Waals surface area (Å²) in [6, 6.07) is 8.63. The van der Waals surface area contributed by atoms with E-state index in [-0.39, 0.29) is 5.41 Å². The Morgan fingerprint density at radius 2 is 2.13 bits per heavy atom. The maximum atomic E-state index is 6.62. The molecule has 1 aromatic carbocycles. The van der Waals surface area contributed by atoms with Gasteiger partial charge in [0.25, 0.3) is 0 Å².